The van der Waals surface area contributed by atoms with Gasteiger partial charge in [0.15, 0.2) is 0 Å². The molecule has 3 unspecified atom stereocenters. The van der Waals surface area contributed by atoms with Crippen molar-refractivity contribution in [2.75, 3.05) is 26.2 Å². The normalized spacial score (nSPS) is 26.7. The van der Waals surface area contributed by atoms with Gasteiger partial charge in [0.2, 0.25) is 17.7 Å². The fourth-order valence-corrected chi connectivity index (χ4v) is 8.14. The van der Waals surface area contributed by atoms with E-state index in [1.165, 1.54) is 5.57 Å². The van der Waals surface area contributed by atoms with Crippen LogP contribution in [0.25, 0.3) is 5.57 Å². The van der Waals surface area contributed by atoms with Crippen molar-refractivity contribution in [1.29, 1.82) is 0 Å². The molecule has 4 aliphatic heterocycles. The van der Waals surface area contributed by atoms with E-state index in [1.807, 2.05) is 36.4 Å². The van der Waals surface area contributed by atoms with E-state index < -0.39 is 6.04 Å². The molecule has 2 aromatic carbocycles. The summed E-state index contributed by atoms with van der Waals surface area (Å²) in [5.74, 6) is 0.310. The molecule has 1 N–H and O–H groups in total. The highest BCUT2D eigenvalue weighted by Crippen LogP contribution is 2.44. The predicted molar refractivity (Wildman–Crippen MR) is 167 cm³/mol. The molecule has 0 saturated carbocycles. The highest BCUT2D eigenvalue weighted by atomic mass is 35.5. The Morgan fingerprint density at radius 2 is 1.70 bits per heavy atom. The minimum atomic E-state index is -0.599. The predicted octanol–water partition coefficient (Wildman–Crippen LogP) is 4.66. The van der Waals surface area contributed by atoms with Crippen LogP contribution in [-0.2, 0) is 27.5 Å². The second kappa shape index (κ2) is 11.1. The van der Waals surface area contributed by atoms with Gasteiger partial charge in [-0.2, -0.15) is 0 Å². The van der Waals surface area contributed by atoms with Crippen LogP contribution in [-0.4, -0.2) is 70.5 Å². The van der Waals surface area contributed by atoms with Crippen LogP contribution in [0, 0.1) is 17.3 Å². The van der Waals surface area contributed by atoms with Crippen molar-refractivity contribution >= 4 is 40.8 Å². The molecule has 0 bridgehead atoms. The topological polar surface area (TPSA) is 90.0 Å². The highest BCUT2D eigenvalue weighted by molar-refractivity contribution is 6.30. The van der Waals surface area contributed by atoms with Crippen molar-refractivity contribution in [3.8, 4) is 0 Å². The van der Waals surface area contributed by atoms with Gasteiger partial charge in [-0.3, -0.25) is 29.4 Å². The SMILES string of the molecule is CC1(C)CCC(C(=O)N2CC3CN(Cc4ccc5c(c4)CN(C4CCC(=O)NC4=O)C5=O)CC3C2)=C(c2ccc(Cl)cc2)C1. The number of amides is 4. The second-order valence-corrected chi connectivity index (χ2v) is 14.6. The van der Waals surface area contributed by atoms with Gasteiger partial charge in [-0.25, -0.2) is 0 Å². The first-order chi connectivity index (χ1) is 21.0. The molecule has 3 saturated heterocycles. The highest BCUT2D eigenvalue weighted by Gasteiger charge is 2.44. The Balaban J connectivity index is 0.991. The fourth-order valence-electron chi connectivity index (χ4n) is 8.01. The number of nitrogens with zero attached hydrogens (tertiary/aromatic N) is 3. The second-order valence-electron chi connectivity index (χ2n) is 14.1. The smallest absolute Gasteiger partial charge is 0.255 e. The van der Waals surface area contributed by atoms with Gasteiger partial charge in [-0.15, -0.1) is 0 Å². The zero-order chi connectivity index (χ0) is 30.7. The molecule has 4 amide bonds. The zero-order valence-corrected chi connectivity index (χ0v) is 26.2. The third-order valence-electron chi connectivity index (χ3n) is 10.4. The average molecular weight is 615 g/mol. The summed E-state index contributed by atoms with van der Waals surface area (Å²) in [4.78, 5) is 57.1. The fraction of sp³-hybridized carbons (Fsp3) is 0.486. The number of rotatable bonds is 5. The number of benzene rings is 2. The van der Waals surface area contributed by atoms with E-state index >= 15 is 0 Å². The number of hydrogen-bond acceptors (Lipinski definition) is 5. The molecule has 3 fully saturated rings. The lowest BCUT2D eigenvalue weighted by atomic mass is 9.72. The first kappa shape index (κ1) is 29.2. The molecule has 1 aliphatic carbocycles. The standard InChI is InChI=1S/C35H39ClN4O4/c1-35(2)12-11-28(29(14-35)22-4-6-26(36)7-5-22)33(43)39-18-24-16-38(17-25(24)19-39)15-21-3-8-27-23(13-21)20-40(34(27)44)30-9-10-31(41)37-32(30)42/h3-8,13,24-25,30H,9-12,14-20H2,1-2H3,(H,37,41,42). The number of imide groups is 1. The third-order valence-corrected chi connectivity index (χ3v) is 10.6. The van der Waals surface area contributed by atoms with Crippen LogP contribution < -0.4 is 5.32 Å². The lowest BCUT2D eigenvalue weighted by Gasteiger charge is -2.34. The third kappa shape index (κ3) is 5.47. The summed E-state index contributed by atoms with van der Waals surface area (Å²) in [7, 11) is 0. The molecule has 4 heterocycles. The van der Waals surface area contributed by atoms with E-state index in [0.717, 1.165) is 74.2 Å². The number of nitrogens with one attached hydrogen (secondary N) is 1. The van der Waals surface area contributed by atoms with Crippen molar-refractivity contribution < 1.29 is 19.2 Å². The summed E-state index contributed by atoms with van der Waals surface area (Å²) in [6.07, 6.45) is 3.33. The van der Waals surface area contributed by atoms with Crippen LogP contribution in [0.4, 0.5) is 0 Å². The van der Waals surface area contributed by atoms with Crippen molar-refractivity contribution in [3.63, 3.8) is 0 Å². The van der Waals surface area contributed by atoms with Gasteiger partial charge in [0, 0.05) is 61.8 Å². The number of halogens is 1. The van der Waals surface area contributed by atoms with Crippen LogP contribution in [0.1, 0.15) is 73.0 Å². The summed E-state index contributed by atoms with van der Waals surface area (Å²) in [6, 6.07) is 13.3. The summed E-state index contributed by atoms with van der Waals surface area (Å²) in [5, 5.41) is 3.07. The van der Waals surface area contributed by atoms with Gasteiger partial charge in [-0.05, 0) is 83.4 Å². The maximum Gasteiger partial charge on any atom is 0.255 e. The Morgan fingerprint density at radius 1 is 0.977 bits per heavy atom. The van der Waals surface area contributed by atoms with E-state index in [9.17, 15) is 19.2 Å². The first-order valence-corrected chi connectivity index (χ1v) is 16.2. The molecule has 7 rings (SSSR count). The van der Waals surface area contributed by atoms with Crippen molar-refractivity contribution in [2.24, 2.45) is 17.3 Å². The molecule has 44 heavy (non-hydrogen) atoms. The van der Waals surface area contributed by atoms with E-state index in [4.69, 9.17) is 11.6 Å². The maximum absolute atomic E-state index is 13.9. The minimum absolute atomic E-state index is 0.141. The minimum Gasteiger partial charge on any atom is -0.338 e. The molecule has 230 valence electrons. The molecule has 8 nitrogen and oxygen atoms in total. The Morgan fingerprint density at radius 3 is 2.41 bits per heavy atom. The molecule has 9 heteroatoms. The number of carbonyl (C=O) groups is 4. The first-order valence-electron chi connectivity index (χ1n) is 15.8. The monoisotopic (exact) mass is 614 g/mol. The van der Waals surface area contributed by atoms with Crippen molar-refractivity contribution in [1.82, 2.24) is 20.0 Å². The molecular formula is C35H39ClN4O4. The molecular weight excluding hydrogens is 576 g/mol. The van der Waals surface area contributed by atoms with Gasteiger partial charge >= 0.3 is 0 Å². The molecule has 0 spiro atoms. The number of allylic oxidation sites excluding steroid dienone is 1. The van der Waals surface area contributed by atoms with Gasteiger partial charge in [-0.1, -0.05) is 49.7 Å². The van der Waals surface area contributed by atoms with Crippen LogP contribution in [0.3, 0.4) is 0 Å². The number of fused-ring (bicyclic) bond motifs is 2. The van der Waals surface area contributed by atoms with Crippen LogP contribution in [0.15, 0.2) is 48.0 Å². The maximum atomic E-state index is 13.9. The molecule has 0 radical (unpaired) electrons. The molecule has 0 aromatic heterocycles. The Kier molecular flexibility index (Phi) is 7.40. The summed E-state index contributed by atoms with van der Waals surface area (Å²) >= 11 is 6.17. The molecule has 3 atom stereocenters. The summed E-state index contributed by atoms with van der Waals surface area (Å²) in [5.41, 5.74) is 6.15. The summed E-state index contributed by atoms with van der Waals surface area (Å²) in [6.45, 7) is 9.23. The Bertz CT molecular complexity index is 1570. The lowest BCUT2D eigenvalue weighted by molar-refractivity contribution is -0.137. The van der Waals surface area contributed by atoms with Gasteiger partial charge in [0.25, 0.3) is 5.91 Å². The van der Waals surface area contributed by atoms with Crippen LogP contribution in [0.2, 0.25) is 5.02 Å². The van der Waals surface area contributed by atoms with E-state index in [2.05, 4.69) is 35.0 Å². The Labute approximate surface area is 263 Å². The zero-order valence-electron chi connectivity index (χ0n) is 25.4. The van der Waals surface area contributed by atoms with Crippen LogP contribution in [0.5, 0.6) is 0 Å². The number of carbonyl (C=O) groups excluding carboxylic acids is 4. The molecule has 5 aliphatic rings. The van der Waals surface area contributed by atoms with Gasteiger partial charge in [0.05, 0.1) is 0 Å². The van der Waals surface area contributed by atoms with Gasteiger partial charge < -0.3 is 9.80 Å². The van der Waals surface area contributed by atoms with Crippen LogP contribution >= 0.6 is 11.6 Å². The Hall–Kier alpha value is -3.49. The summed E-state index contributed by atoms with van der Waals surface area (Å²) < 4.78 is 0. The van der Waals surface area contributed by atoms with Crippen molar-refractivity contribution in [2.45, 2.75) is 65.1 Å². The average Bonchev–Trinajstić information content (AvgIpc) is 3.64. The number of piperidine rings is 1. The van der Waals surface area contributed by atoms with E-state index in [1.54, 1.807) is 4.90 Å². The van der Waals surface area contributed by atoms with E-state index in [-0.39, 0.29) is 35.5 Å². The molecule has 2 aromatic rings. The van der Waals surface area contributed by atoms with E-state index in [0.29, 0.717) is 35.4 Å². The lowest BCUT2D eigenvalue weighted by Crippen LogP contribution is -2.52. The largest absolute Gasteiger partial charge is 0.338 e. The number of likely N-dealkylation sites (tertiary alicyclic amines) is 2. The number of hydrogen-bond donors (Lipinski definition) is 1. The van der Waals surface area contributed by atoms with Gasteiger partial charge in [0.1, 0.15) is 6.04 Å². The quantitative estimate of drug-likeness (QED) is 0.495. The van der Waals surface area contributed by atoms with Crippen molar-refractivity contribution in [3.05, 3.63) is 75.3 Å².